The van der Waals surface area contributed by atoms with Crippen LogP contribution in [0.25, 0.3) is 0 Å². The van der Waals surface area contributed by atoms with E-state index < -0.39 is 6.04 Å². The number of halogens is 1. The lowest BCUT2D eigenvalue weighted by Gasteiger charge is -2.14. The molecule has 1 rings (SSSR count). The van der Waals surface area contributed by atoms with Gasteiger partial charge in [-0.15, -0.1) is 0 Å². The predicted molar refractivity (Wildman–Crippen MR) is 51.7 cm³/mol. The van der Waals surface area contributed by atoms with Gasteiger partial charge in [0.2, 0.25) is 0 Å². The fourth-order valence-electron chi connectivity index (χ4n) is 1.24. The normalized spacial score (nSPS) is 12.6. The average Bonchev–Trinajstić information content (AvgIpc) is 2.20. The Hall–Kier alpha value is -1.13. The molecule has 14 heavy (non-hydrogen) atoms. The summed E-state index contributed by atoms with van der Waals surface area (Å²) in [7, 11) is 1.49. The van der Waals surface area contributed by atoms with E-state index in [0.717, 1.165) is 0 Å². The lowest BCUT2D eigenvalue weighted by Crippen LogP contribution is -2.16. The molecule has 3 N–H and O–H groups in total. The van der Waals surface area contributed by atoms with E-state index >= 15 is 0 Å². The summed E-state index contributed by atoms with van der Waals surface area (Å²) in [6.07, 6.45) is 0. The Labute approximate surface area is 82.3 Å². The van der Waals surface area contributed by atoms with E-state index in [1.165, 1.54) is 13.2 Å². The molecule has 1 aromatic carbocycles. The Balaban J connectivity index is 3.19. The van der Waals surface area contributed by atoms with Gasteiger partial charge in [-0.2, -0.15) is 0 Å². The first-order valence-corrected chi connectivity index (χ1v) is 4.30. The summed E-state index contributed by atoms with van der Waals surface area (Å²) in [4.78, 5) is 0. The van der Waals surface area contributed by atoms with Crippen LogP contribution in [-0.4, -0.2) is 18.8 Å². The van der Waals surface area contributed by atoms with Crippen molar-refractivity contribution >= 4 is 0 Å². The van der Waals surface area contributed by atoms with Crippen LogP contribution in [0, 0.1) is 12.7 Å². The van der Waals surface area contributed by atoms with Gasteiger partial charge < -0.3 is 15.6 Å². The topological polar surface area (TPSA) is 55.5 Å². The first-order valence-electron chi connectivity index (χ1n) is 4.30. The molecule has 0 amide bonds. The number of methoxy groups -OCH3 is 1. The lowest BCUT2D eigenvalue weighted by molar-refractivity contribution is 0.264. The summed E-state index contributed by atoms with van der Waals surface area (Å²) < 4.78 is 18.2. The number of aryl methyl sites for hydroxylation is 1. The third-order valence-electron chi connectivity index (χ3n) is 2.11. The van der Waals surface area contributed by atoms with E-state index in [1.807, 2.05) is 0 Å². The van der Waals surface area contributed by atoms with Crippen LogP contribution >= 0.6 is 0 Å². The SMILES string of the molecule is COc1cc(C)c(F)cc1[C@@H](N)CO. The number of hydrogen-bond acceptors (Lipinski definition) is 3. The second kappa shape index (κ2) is 4.39. The fourth-order valence-corrected chi connectivity index (χ4v) is 1.24. The summed E-state index contributed by atoms with van der Waals surface area (Å²) in [6.45, 7) is 1.41. The molecule has 0 saturated heterocycles. The minimum atomic E-state index is -0.611. The van der Waals surface area contributed by atoms with E-state index in [1.54, 1.807) is 13.0 Å². The zero-order valence-electron chi connectivity index (χ0n) is 8.25. The fraction of sp³-hybridized carbons (Fsp3) is 0.400. The van der Waals surface area contributed by atoms with Crippen molar-refractivity contribution in [3.8, 4) is 5.75 Å². The highest BCUT2D eigenvalue weighted by Crippen LogP contribution is 2.26. The highest BCUT2D eigenvalue weighted by molar-refractivity contribution is 5.40. The Bertz CT molecular complexity index is 328. The van der Waals surface area contributed by atoms with Crippen LogP contribution in [0.15, 0.2) is 12.1 Å². The lowest BCUT2D eigenvalue weighted by atomic mass is 10.0. The Morgan fingerprint density at radius 2 is 2.21 bits per heavy atom. The zero-order chi connectivity index (χ0) is 10.7. The van der Waals surface area contributed by atoms with Gasteiger partial charge in [-0.05, 0) is 24.6 Å². The molecule has 0 saturated carbocycles. The zero-order valence-corrected chi connectivity index (χ0v) is 8.25. The summed E-state index contributed by atoms with van der Waals surface area (Å²) >= 11 is 0. The molecule has 0 fully saturated rings. The number of aliphatic hydroxyl groups excluding tert-OH is 1. The second-order valence-corrected chi connectivity index (χ2v) is 3.13. The quantitative estimate of drug-likeness (QED) is 0.767. The second-order valence-electron chi connectivity index (χ2n) is 3.13. The van der Waals surface area contributed by atoms with Gasteiger partial charge in [-0.3, -0.25) is 0 Å². The van der Waals surface area contributed by atoms with Gasteiger partial charge in [-0.25, -0.2) is 4.39 Å². The standard InChI is InChI=1S/C10H14FNO2/c1-6-3-10(14-2)7(4-8(6)11)9(12)5-13/h3-4,9,13H,5,12H2,1-2H3/t9-/m0/s1. The van der Waals surface area contributed by atoms with Crippen molar-refractivity contribution in [3.63, 3.8) is 0 Å². The molecule has 0 unspecified atom stereocenters. The first-order chi connectivity index (χ1) is 6.60. The number of hydrogen-bond donors (Lipinski definition) is 2. The van der Waals surface area contributed by atoms with E-state index in [0.29, 0.717) is 16.9 Å². The number of benzene rings is 1. The van der Waals surface area contributed by atoms with E-state index in [2.05, 4.69) is 0 Å². The van der Waals surface area contributed by atoms with Crippen molar-refractivity contribution in [1.82, 2.24) is 0 Å². The Kier molecular flexibility index (Phi) is 3.43. The number of nitrogens with two attached hydrogens (primary N) is 1. The summed E-state index contributed by atoms with van der Waals surface area (Å²) in [6, 6.07) is 2.26. The van der Waals surface area contributed by atoms with Gasteiger partial charge in [0, 0.05) is 5.56 Å². The monoisotopic (exact) mass is 199 g/mol. The molecule has 4 heteroatoms. The van der Waals surface area contributed by atoms with Crippen LogP contribution in [0.5, 0.6) is 5.75 Å². The van der Waals surface area contributed by atoms with Crippen molar-refractivity contribution in [2.24, 2.45) is 5.73 Å². The van der Waals surface area contributed by atoms with Gasteiger partial charge in [-0.1, -0.05) is 0 Å². The molecule has 0 aliphatic heterocycles. The maximum absolute atomic E-state index is 13.2. The maximum Gasteiger partial charge on any atom is 0.126 e. The predicted octanol–water partition coefficient (Wildman–Crippen LogP) is 1.13. The largest absolute Gasteiger partial charge is 0.496 e. The average molecular weight is 199 g/mol. The van der Waals surface area contributed by atoms with Crippen LogP contribution in [0.1, 0.15) is 17.2 Å². The molecule has 0 bridgehead atoms. The highest BCUT2D eigenvalue weighted by atomic mass is 19.1. The molecule has 1 aromatic rings. The maximum atomic E-state index is 13.2. The van der Waals surface area contributed by atoms with Gasteiger partial charge in [0.15, 0.2) is 0 Å². The van der Waals surface area contributed by atoms with Crippen molar-refractivity contribution in [1.29, 1.82) is 0 Å². The van der Waals surface area contributed by atoms with Gasteiger partial charge in [0.25, 0.3) is 0 Å². The third kappa shape index (κ3) is 2.02. The molecule has 0 aromatic heterocycles. The van der Waals surface area contributed by atoms with Crippen LogP contribution in [0.4, 0.5) is 4.39 Å². The molecular weight excluding hydrogens is 185 g/mol. The number of aliphatic hydroxyl groups is 1. The first kappa shape index (κ1) is 10.9. The molecule has 0 aliphatic carbocycles. The minimum absolute atomic E-state index is 0.237. The van der Waals surface area contributed by atoms with Crippen molar-refractivity contribution in [3.05, 3.63) is 29.1 Å². The van der Waals surface area contributed by atoms with Crippen LogP contribution in [0.2, 0.25) is 0 Å². The third-order valence-corrected chi connectivity index (χ3v) is 2.11. The van der Waals surface area contributed by atoms with Crippen molar-refractivity contribution in [2.45, 2.75) is 13.0 Å². The van der Waals surface area contributed by atoms with E-state index in [9.17, 15) is 4.39 Å². The summed E-state index contributed by atoms with van der Waals surface area (Å²) in [5, 5.41) is 8.87. The molecule has 0 radical (unpaired) electrons. The molecule has 0 aliphatic rings. The molecule has 0 spiro atoms. The van der Waals surface area contributed by atoms with Crippen LogP contribution in [0.3, 0.4) is 0 Å². The summed E-state index contributed by atoms with van der Waals surface area (Å²) in [5.74, 6) is 0.162. The number of rotatable bonds is 3. The van der Waals surface area contributed by atoms with Crippen LogP contribution in [-0.2, 0) is 0 Å². The van der Waals surface area contributed by atoms with E-state index in [-0.39, 0.29) is 12.4 Å². The highest BCUT2D eigenvalue weighted by Gasteiger charge is 2.13. The molecule has 78 valence electrons. The van der Waals surface area contributed by atoms with E-state index in [4.69, 9.17) is 15.6 Å². The Morgan fingerprint density at radius 3 is 2.71 bits per heavy atom. The number of ether oxygens (including phenoxy) is 1. The summed E-state index contributed by atoms with van der Waals surface area (Å²) in [5.41, 5.74) is 6.57. The molecule has 3 nitrogen and oxygen atoms in total. The molecule has 1 atom stereocenters. The van der Waals surface area contributed by atoms with Crippen molar-refractivity contribution < 1.29 is 14.2 Å². The Morgan fingerprint density at radius 1 is 1.57 bits per heavy atom. The van der Waals surface area contributed by atoms with Crippen molar-refractivity contribution in [2.75, 3.05) is 13.7 Å². The smallest absolute Gasteiger partial charge is 0.126 e. The van der Waals surface area contributed by atoms with Crippen LogP contribution < -0.4 is 10.5 Å². The molecular formula is C10H14FNO2. The molecule has 0 heterocycles. The van der Waals surface area contributed by atoms with Gasteiger partial charge >= 0.3 is 0 Å². The van der Waals surface area contributed by atoms with Gasteiger partial charge in [0.1, 0.15) is 11.6 Å². The van der Waals surface area contributed by atoms with Gasteiger partial charge in [0.05, 0.1) is 19.8 Å². The minimum Gasteiger partial charge on any atom is -0.496 e.